The van der Waals surface area contributed by atoms with Crippen LogP contribution in [0.2, 0.25) is 5.02 Å². The van der Waals surface area contributed by atoms with E-state index < -0.39 is 0 Å². The molecule has 0 unspecified atom stereocenters. The number of halogens is 1. The van der Waals surface area contributed by atoms with Crippen LogP contribution in [-0.2, 0) is 9.59 Å². The van der Waals surface area contributed by atoms with Crippen LogP contribution >= 0.6 is 11.6 Å². The van der Waals surface area contributed by atoms with Gasteiger partial charge in [0.1, 0.15) is 11.9 Å². The number of rotatable bonds is 7. The molecule has 1 N–H and O–H groups in total. The Bertz CT molecular complexity index is 562. The van der Waals surface area contributed by atoms with Crippen molar-refractivity contribution < 1.29 is 14.3 Å². The molecule has 1 aromatic carbocycles. The number of carbonyl (C=O) groups excluding carboxylic acids is 2. The Balaban J connectivity index is 1.71. The molecule has 5 nitrogen and oxygen atoms in total. The van der Waals surface area contributed by atoms with Gasteiger partial charge in [-0.2, -0.15) is 0 Å². The number of piperidine rings is 1. The second-order valence-electron chi connectivity index (χ2n) is 6.28. The van der Waals surface area contributed by atoms with Crippen molar-refractivity contribution in [3.05, 3.63) is 29.3 Å². The summed E-state index contributed by atoms with van der Waals surface area (Å²) in [5, 5.41) is 3.53. The molecule has 1 aliphatic heterocycles. The first-order valence-electron chi connectivity index (χ1n) is 8.44. The Morgan fingerprint density at radius 3 is 2.67 bits per heavy atom. The minimum Gasteiger partial charge on any atom is -0.489 e. The Morgan fingerprint density at radius 1 is 1.29 bits per heavy atom. The Morgan fingerprint density at radius 2 is 2.00 bits per heavy atom. The molecule has 6 heteroatoms. The van der Waals surface area contributed by atoms with Crippen LogP contribution in [0.15, 0.2) is 24.3 Å². The van der Waals surface area contributed by atoms with E-state index in [-0.39, 0.29) is 24.0 Å². The number of nitrogens with zero attached hydrogens (tertiary/aromatic N) is 1. The Kier molecular flexibility index (Phi) is 6.91. The van der Waals surface area contributed by atoms with E-state index in [1.54, 1.807) is 24.3 Å². The average Bonchev–Trinajstić information content (AvgIpc) is 2.55. The topological polar surface area (TPSA) is 58.6 Å². The van der Waals surface area contributed by atoms with E-state index in [4.69, 9.17) is 16.3 Å². The first kappa shape index (κ1) is 18.6. The molecule has 1 fully saturated rings. The quantitative estimate of drug-likeness (QED) is 0.820. The minimum absolute atomic E-state index is 0.0626. The smallest absolute Gasteiger partial charge is 0.222 e. The van der Waals surface area contributed by atoms with Gasteiger partial charge in [0, 0.05) is 30.5 Å². The molecule has 1 saturated heterocycles. The van der Waals surface area contributed by atoms with E-state index in [0.29, 0.717) is 30.2 Å². The summed E-state index contributed by atoms with van der Waals surface area (Å²) in [6.07, 6.45) is 2.73. The second-order valence-corrected chi connectivity index (χ2v) is 6.72. The molecule has 24 heavy (non-hydrogen) atoms. The third-order valence-corrected chi connectivity index (χ3v) is 4.36. The molecule has 0 aromatic heterocycles. The molecular weight excluding hydrogens is 328 g/mol. The fourth-order valence-corrected chi connectivity index (χ4v) is 2.91. The number of hydrogen-bond donors (Lipinski definition) is 1. The van der Waals surface area contributed by atoms with Crippen molar-refractivity contribution in [2.24, 2.45) is 0 Å². The van der Waals surface area contributed by atoms with E-state index in [1.807, 2.05) is 18.7 Å². The number of amides is 2. The summed E-state index contributed by atoms with van der Waals surface area (Å²) in [5.41, 5.74) is 0. The van der Waals surface area contributed by atoms with Crippen molar-refractivity contribution >= 4 is 23.4 Å². The van der Waals surface area contributed by atoms with Crippen LogP contribution in [0.25, 0.3) is 0 Å². The third-order valence-electron chi connectivity index (χ3n) is 4.11. The highest BCUT2D eigenvalue weighted by molar-refractivity contribution is 6.30. The monoisotopic (exact) mass is 352 g/mol. The standard InChI is InChI=1S/C18H25ClN2O3/c1-13(21-10-4-3-5-18(21)23)11-17(22)20-12-14(2)24-16-8-6-15(19)7-9-16/h6-9,13-14H,3-5,10-12H2,1-2H3,(H,20,22)/t13-,14+/m1/s1. The Labute approximate surface area is 148 Å². The largest absolute Gasteiger partial charge is 0.489 e. The number of likely N-dealkylation sites (tertiary alicyclic amines) is 1. The van der Waals surface area contributed by atoms with Gasteiger partial charge in [-0.05, 0) is 51.0 Å². The first-order chi connectivity index (χ1) is 11.5. The van der Waals surface area contributed by atoms with Crippen molar-refractivity contribution in [2.75, 3.05) is 13.1 Å². The molecule has 1 heterocycles. The van der Waals surface area contributed by atoms with Gasteiger partial charge in [-0.3, -0.25) is 9.59 Å². The van der Waals surface area contributed by atoms with Crippen LogP contribution in [0.4, 0.5) is 0 Å². The maximum absolute atomic E-state index is 12.1. The molecule has 0 bridgehead atoms. The summed E-state index contributed by atoms with van der Waals surface area (Å²) in [5.74, 6) is 0.807. The number of carbonyl (C=O) groups is 2. The van der Waals surface area contributed by atoms with Gasteiger partial charge in [0.05, 0.1) is 6.54 Å². The third kappa shape index (κ3) is 5.71. The molecule has 2 atom stereocenters. The maximum atomic E-state index is 12.1. The van der Waals surface area contributed by atoms with E-state index in [1.165, 1.54) is 0 Å². The van der Waals surface area contributed by atoms with Gasteiger partial charge in [-0.15, -0.1) is 0 Å². The zero-order chi connectivity index (χ0) is 17.5. The molecule has 2 amide bonds. The van der Waals surface area contributed by atoms with E-state index in [2.05, 4.69) is 5.32 Å². The highest BCUT2D eigenvalue weighted by Crippen LogP contribution is 2.17. The maximum Gasteiger partial charge on any atom is 0.222 e. The highest BCUT2D eigenvalue weighted by Gasteiger charge is 2.24. The van der Waals surface area contributed by atoms with E-state index >= 15 is 0 Å². The first-order valence-corrected chi connectivity index (χ1v) is 8.82. The lowest BCUT2D eigenvalue weighted by Gasteiger charge is -2.32. The van der Waals surface area contributed by atoms with Crippen LogP contribution < -0.4 is 10.1 Å². The minimum atomic E-state index is -0.151. The summed E-state index contributed by atoms with van der Waals surface area (Å²) in [6.45, 7) is 4.99. The van der Waals surface area contributed by atoms with Gasteiger partial charge in [0.2, 0.25) is 11.8 Å². The molecule has 0 radical (unpaired) electrons. The van der Waals surface area contributed by atoms with Crippen LogP contribution in [0.1, 0.15) is 39.5 Å². The van der Waals surface area contributed by atoms with Crippen molar-refractivity contribution in [3.8, 4) is 5.75 Å². The van der Waals surface area contributed by atoms with Gasteiger partial charge in [-0.1, -0.05) is 11.6 Å². The predicted molar refractivity (Wildman–Crippen MR) is 94.2 cm³/mol. The number of hydrogen-bond acceptors (Lipinski definition) is 3. The molecule has 0 saturated carbocycles. The second kappa shape index (κ2) is 8.92. The molecule has 132 valence electrons. The summed E-state index contributed by atoms with van der Waals surface area (Å²) in [7, 11) is 0. The van der Waals surface area contributed by atoms with Crippen molar-refractivity contribution in [3.63, 3.8) is 0 Å². The summed E-state index contributed by atoms with van der Waals surface area (Å²) < 4.78 is 5.72. The van der Waals surface area contributed by atoms with E-state index in [0.717, 1.165) is 19.4 Å². The van der Waals surface area contributed by atoms with Crippen LogP contribution in [0.5, 0.6) is 5.75 Å². The van der Waals surface area contributed by atoms with Crippen LogP contribution in [-0.4, -0.2) is 41.9 Å². The van der Waals surface area contributed by atoms with Crippen molar-refractivity contribution in [1.82, 2.24) is 10.2 Å². The molecule has 0 aliphatic carbocycles. The fraction of sp³-hybridized carbons (Fsp3) is 0.556. The van der Waals surface area contributed by atoms with Crippen molar-refractivity contribution in [2.45, 2.75) is 51.7 Å². The van der Waals surface area contributed by atoms with Gasteiger partial charge >= 0.3 is 0 Å². The number of ether oxygens (including phenoxy) is 1. The molecule has 1 aromatic rings. The van der Waals surface area contributed by atoms with Gasteiger partial charge in [-0.25, -0.2) is 0 Å². The predicted octanol–water partition coefficient (Wildman–Crippen LogP) is 3.01. The molecule has 1 aliphatic rings. The Hall–Kier alpha value is -1.75. The van der Waals surface area contributed by atoms with Gasteiger partial charge in [0.25, 0.3) is 0 Å². The summed E-state index contributed by atoms with van der Waals surface area (Å²) >= 11 is 5.83. The summed E-state index contributed by atoms with van der Waals surface area (Å²) in [4.78, 5) is 25.8. The van der Waals surface area contributed by atoms with Gasteiger partial charge in [0.15, 0.2) is 0 Å². The SMILES string of the molecule is C[C@H](CC(=O)NC[C@H](C)Oc1ccc(Cl)cc1)N1CCCCC1=O. The lowest BCUT2D eigenvalue weighted by molar-refractivity contribution is -0.136. The van der Waals surface area contributed by atoms with Crippen LogP contribution in [0, 0.1) is 0 Å². The average molecular weight is 353 g/mol. The zero-order valence-electron chi connectivity index (χ0n) is 14.3. The molecule has 0 spiro atoms. The normalized spacial score (nSPS) is 17.3. The summed E-state index contributed by atoms with van der Waals surface area (Å²) in [6, 6.07) is 7.05. The van der Waals surface area contributed by atoms with E-state index in [9.17, 15) is 9.59 Å². The van der Waals surface area contributed by atoms with Gasteiger partial charge < -0.3 is 15.0 Å². The fourth-order valence-electron chi connectivity index (χ4n) is 2.79. The highest BCUT2D eigenvalue weighted by atomic mass is 35.5. The zero-order valence-corrected chi connectivity index (χ0v) is 15.0. The lowest BCUT2D eigenvalue weighted by Crippen LogP contribution is -2.44. The molecule has 2 rings (SSSR count). The number of nitrogens with one attached hydrogen (secondary N) is 1. The van der Waals surface area contributed by atoms with Crippen molar-refractivity contribution in [1.29, 1.82) is 0 Å². The number of benzene rings is 1. The molecular formula is C18H25ClN2O3. The van der Waals surface area contributed by atoms with Crippen LogP contribution in [0.3, 0.4) is 0 Å². The lowest BCUT2D eigenvalue weighted by atomic mass is 10.1.